The van der Waals surface area contributed by atoms with Gasteiger partial charge < -0.3 is 15.7 Å². The van der Waals surface area contributed by atoms with Crippen LogP contribution in [-0.2, 0) is 13.0 Å². The zero-order valence-electron chi connectivity index (χ0n) is 19.8. The molecule has 0 aliphatic carbocycles. The van der Waals surface area contributed by atoms with Crippen LogP contribution in [0.2, 0.25) is 0 Å². The molecule has 4 aromatic rings. The number of nitrogens with zero attached hydrogens (tertiary/aromatic N) is 3. The number of piperazine rings is 1. The van der Waals surface area contributed by atoms with Crippen LogP contribution in [0.15, 0.2) is 91.1 Å². The van der Waals surface area contributed by atoms with Crippen molar-refractivity contribution in [2.75, 3.05) is 31.5 Å². The van der Waals surface area contributed by atoms with Crippen molar-refractivity contribution in [1.29, 1.82) is 0 Å². The van der Waals surface area contributed by atoms with E-state index in [1.165, 1.54) is 11.1 Å². The van der Waals surface area contributed by atoms with E-state index in [4.69, 9.17) is 4.98 Å². The summed E-state index contributed by atoms with van der Waals surface area (Å²) < 4.78 is 0. The Kier molecular flexibility index (Phi) is 7.32. The average molecular weight is 466 g/mol. The third-order valence-electron chi connectivity index (χ3n) is 6.38. The van der Waals surface area contributed by atoms with Crippen LogP contribution in [0.4, 0.5) is 5.95 Å². The Hall–Kier alpha value is -3.74. The SMILES string of the molecule is Oc1ccc(CCNc2nccc(-c3cccc(CN4CCNC(c5ccccc5)C4)c3)n2)cc1. The molecule has 6 heteroatoms. The Morgan fingerprint density at radius 2 is 1.80 bits per heavy atom. The molecule has 0 amide bonds. The lowest BCUT2D eigenvalue weighted by Crippen LogP contribution is -2.45. The maximum absolute atomic E-state index is 9.43. The molecule has 6 nitrogen and oxygen atoms in total. The third kappa shape index (κ3) is 6.23. The minimum atomic E-state index is 0.285. The van der Waals surface area contributed by atoms with Gasteiger partial charge in [-0.05, 0) is 47.4 Å². The number of phenolic OH excluding ortho intramolecular Hbond substituents is 1. The van der Waals surface area contributed by atoms with Crippen molar-refractivity contribution in [1.82, 2.24) is 20.2 Å². The van der Waals surface area contributed by atoms with Crippen LogP contribution in [0.5, 0.6) is 5.75 Å². The summed E-state index contributed by atoms with van der Waals surface area (Å²) in [5, 5.41) is 16.4. The van der Waals surface area contributed by atoms with Crippen LogP contribution >= 0.6 is 0 Å². The fourth-order valence-corrected chi connectivity index (χ4v) is 4.54. The second-order valence-corrected chi connectivity index (χ2v) is 8.96. The summed E-state index contributed by atoms with van der Waals surface area (Å²) >= 11 is 0. The van der Waals surface area contributed by atoms with Crippen molar-refractivity contribution in [3.05, 3.63) is 108 Å². The smallest absolute Gasteiger partial charge is 0.223 e. The fourth-order valence-electron chi connectivity index (χ4n) is 4.54. The molecule has 0 saturated carbocycles. The van der Waals surface area contributed by atoms with Gasteiger partial charge in [-0.25, -0.2) is 9.97 Å². The van der Waals surface area contributed by atoms with Crippen LogP contribution in [0, 0.1) is 0 Å². The summed E-state index contributed by atoms with van der Waals surface area (Å²) in [5.74, 6) is 0.910. The fraction of sp³-hybridized carbons (Fsp3) is 0.241. The van der Waals surface area contributed by atoms with Crippen molar-refractivity contribution in [2.24, 2.45) is 0 Å². The van der Waals surface area contributed by atoms with E-state index < -0.39 is 0 Å². The van der Waals surface area contributed by atoms with E-state index in [1.807, 2.05) is 18.2 Å². The highest BCUT2D eigenvalue weighted by Crippen LogP contribution is 2.22. The van der Waals surface area contributed by atoms with Gasteiger partial charge in [0.2, 0.25) is 5.95 Å². The summed E-state index contributed by atoms with van der Waals surface area (Å²) in [6, 6.07) is 29.0. The largest absolute Gasteiger partial charge is 0.508 e. The van der Waals surface area contributed by atoms with E-state index in [0.717, 1.165) is 56.0 Å². The van der Waals surface area contributed by atoms with Crippen molar-refractivity contribution in [3.8, 4) is 17.0 Å². The summed E-state index contributed by atoms with van der Waals surface area (Å²) in [5.41, 5.74) is 5.80. The van der Waals surface area contributed by atoms with Crippen LogP contribution in [0.3, 0.4) is 0 Å². The maximum Gasteiger partial charge on any atom is 0.223 e. The zero-order valence-corrected chi connectivity index (χ0v) is 19.8. The highest BCUT2D eigenvalue weighted by atomic mass is 16.3. The monoisotopic (exact) mass is 465 g/mol. The number of rotatable bonds is 8. The molecule has 0 radical (unpaired) electrons. The molecule has 1 saturated heterocycles. The molecule has 3 aromatic carbocycles. The highest BCUT2D eigenvalue weighted by Gasteiger charge is 2.20. The van der Waals surface area contributed by atoms with Crippen molar-refractivity contribution < 1.29 is 5.11 Å². The van der Waals surface area contributed by atoms with Gasteiger partial charge in [-0.3, -0.25) is 4.90 Å². The molecule has 1 fully saturated rings. The molecule has 178 valence electrons. The molecule has 1 atom stereocenters. The average Bonchev–Trinajstić information content (AvgIpc) is 2.91. The number of phenols is 1. The lowest BCUT2D eigenvalue weighted by Gasteiger charge is -2.34. The van der Waals surface area contributed by atoms with Gasteiger partial charge in [0.25, 0.3) is 0 Å². The number of aromatic nitrogens is 2. The Bertz CT molecular complexity index is 1230. The first-order chi connectivity index (χ1) is 17.2. The lowest BCUT2D eigenvalue weighted by atomic mass is 10.0. The molecule has 1 unspecified atom stereocenters. The molecule has 5 rings (SSSR count). The Morgan fingerprint density at radius 1 is 0.943 bits per heavy atom. The summed E-state index contributed by atoms with van der Waals surface area (Å²) in [6.07, 6.45) is 2.64. The molecule has 0 bridgehead atoms. The second kappa shape index (κ2) is 11.1. The molecule has 1 aromatic heterocycles. The van der Waals surface area contributed by atoms with Gasteiger partial charge in [-0.15, -0.1) is 0 Å². The van der Waals surface area contributed by atoms with Crippen LogP contribution in [-0.4, -0.2) is 46.2 Å². The number of nitrogens with one attached hydrogen (secondary N) is 2. The first-order valence-electron chi connectivity index (χ1n) is 12.2. The van der Waals surface area contributed by atoms with E-state index in [-0.39, 0.29) is 5.75 Å². The standard InChI is InChI=1S/C29H31N5O/c35-26-11-9-22(10-12-26)13-15-31-29-32-16-14-27(33-29)25-8-4-5-23(19-25)20-34-18-17-30-28(21-34)24-6-2-1-3-7-24/h1-12,14,16,19,28,30,35H,13,15,17-18,20-21H2,(H,31,32,33). The predicted octanol–water partition coefficient (Wildman–Crippen LogP) is 4.65. The van der Waals surface area contributed by atoms with E-state index in [2.05, 4.69) is 75.1 Å². The maximum atomic E-state index is 9.43. The minimum absolute atomic E-state index is 0.285. The molecule has 35 heavy (non-hydrogen) atoms. The topological polar surface area (TPSA) is 73.3 Å². The van der Waals surface area contributed by atoms with Crippen molar-refractivity contribution in [2.45, 2.75) is 19.0 Å². The van der Waals surface area contributed by atoms with Gasteiger partial charge in [0.1, 0.15) is 5.75 Å². The normalized spacial score (nSPS) is 16.2. The third-order valence-corrected chi connectivity index (χ3v) is 6.38. The molecule has 1 aliphatic heterocycles. The summed E-state index contributed by atoms with van der Waals surface area (Å²) in [4.78, 5) is 11.6. The second-order valence-electron chi connectivity index (χ2n) is 8.96. The van der Waals surface area contributed by atoms with Gasteiger partial charge in [0.15, 0.2) is 0 Å². The Morgan fingerprint density at radius 3 is 2.66 bits per heavy atom. The molecule has 3 N–H and O–H groups in total. The first kappa shape index (κ1) is 23.0. The van der Waals surface area contributed by atoms with Gasteiger partial charge in [-0.1, -0.05) is 60.7 Å². The number of benzene rings is 3. The first-order valence-corrected chi connectivity index (χ1v) is 12.2. The van der Waals surface area contributed by atoms with E-state index >= 15 is 0 Å². The van der Waals surface area contributed by atoms with Gasteiger partial charge >= 0.3 is 0 Å². The van der Waals surface area contributed by atoms with E-state index in [0.29, 0.717) is 12.0 Å². The molecule has 2 heterocycles. The van der Waals surface area contributed by atoms with E-state index in [1.54, 1.807) is 18.3 Å². The van der Waals surface area contributed by atoms with Crippen LogP contribution < -0.4 is 10.6 Å². The summed E-state index contributed by atoms with van der Waals surface area (Å²) in [7, 11) is 0. The Labute approximate surface area is 206 Å². The highest BCUT2D eigenvalue weighted by molar-refractivity contribution is 5.61. The zero-order chi connectivity index (χ0) is 23.9. The number of aromatic hydroxyl groups is 1. The lowest BCUT2D eigenvalue weighted by molar-refractivity contribution is 0.193. The van der Waals surface area contributed by atoms with Crippen molar-refractivity contribution >= 4 is 5.95 Å². The Balaban J connectivity index is 1.21. The number of hydrogen-bond acceptors (Lipinski definition) is 6. The predicted molar refractivity (Wildman–Crippen MR) is 140 cm³/mol. The molecular weight excluding hydrogens is 434 g/mol. The molecule has 1 aliphatic rings. The number of anilines is 1. The van der Waals surface area contributed by atoms with Crippen molar-refractivity contribution in [3.63, 3.8) is 0 Å². The van der Waals surface area contributed by atoms with Crippen LogP contribution in [0.25, 0.3) is 11.3 Å². The number of hydrogen-bond donors (Lipinski definition) is 3. The van der Waals surface area contributed by atoms with Gasteiger partial charge in [-0.2, -0.15) is 0 Å². The minimum Gasteiger partial charge on any atom is -0.508 e. The quantitative estimate of drug-likeness (QED) is 0.352. The molecule has 0 spiro atoms. The van der Waals surface area contributed by atoms with E-state index in [9.17, 15) is 5.11 Å². The summed E-state index contributed by atoms with van der Waals surface area (Å²) in [6.45, 7) is 4.67. The molecular formula is C29H31N5O. The van der Waals surface area contributed by atoms with Gasteiger partial charge in [0.05, 0.1) is 5.69 Å². The van der Waals surface area contributed by atoms with Crippen LogP contribution in [0.1, 0.15) is 22.7 Å². The van der Waals surface area contributed by atoms with Gasteiger partial charge in [0, 0.05) is 50.5 Å².